The first-order valence-electron chi connectivity index (χ1n) is 20.8. The van der Waals surface area contributed by atoms with Gasteiger partial charge in [0.25, 0.3) is 0 Å². The molecule has 1 aromatic rings. The quantitative estimate of drug-likeness (QED) is 0.0841. The predicted molar refractivity (Wildman–Crippen MR) is 224 cm³/mol. The van der Waals surface area contributed by atoms with Crippen molar-refractivity contribution in [3.8, 4) is 0 Å². The number of allylic oxidation sites excluding steroid dienone is 4. The Morgan fingerprint density at radius 3 is 1.74 bits per heavy atom. The van der Waals surface area contributed by atoms with Crippen LogP contribution in [0.25, 0.3) is 0 Å². The van der Waals surface area contributed by atoms with Crippen LogP contribution in [0.5, 0.6) is 0 Å². The van der Waals surface area contributed by atoms with Crippen molar-refractivity contribution in [2.75, 3.05) is 0 Å². The second-order valence-electron chi connectivity index (χ2n) is 17.8. The predicted octanol–water partition coefficient (Wildman–Crippen LogP) is 3.64. The van der Waals surface area contributed by atoms with Gasteiger partial charge in [-0.2, -0.15) is 0 Å². The third kappa shape index (κ3) is 9.35. The van der Waals surface area contributed by atoms with Gasteiger partial charge < -0.3 is 51.2 Å². The number of aliphatic carboxylic acids is 8. The van der Waals surface area contributed by atoms with E-state index in [2.05, 4.69) is 10.3 Å². The summed E-state index contributed by atoms with van der Waals surface area (Å²) < 4.78 is 0. The minimum absolute atomic E-state index is 0.0106. The molecule has 0 amide bonds. The van der Waals surface area contributed by atoms with E-state index in [0.717, 1.165) is 6.92 Å². The molecule has 21 nitrogen and oxygen atoms in total. The molecule has 1 saturated heterocycles. The van der Waals surface area contributed by atoms with Crippen molar-refractivity contribution in [3.63, 3.8) is 0 Å². The monoisotopic (exact) mass is 908 g/mol. The van der Waals surface area contributed by atoms with E-state index in [1.807, 2.05) is 0 Å². The fraction of sp³-hybridized carbons (Fsp3) is 0.523. The number of nitrogens with zero attached hydrogens (tertiary/aromatic N) is 2. The summed E-state index contributed by atoms with van der Waals surface area (Å²) in [4.78, 5) is 128. The maximum atomic E-state index is 14.8. The van der Waals surface area contributed by atoms with Crippen LogP contribution in [0.4, 0.5) is 0 Å². The number of hydrogen-bond donors (Lipinski definition) is 10. The lowest BCUT2D eigenvalue weighted by Gasteiger charge is -2.44. The van der Waals surface area contributed by atoms with Gasteiger partial charge in [0.2, 0.25) is 0 Å². The van der Waals surface area contributed by atoms with Gasteiger partial charge in [0.15, 0.2) is 5.78 Å². The van der Waals surface area contributed by atoms with Crippen LogP contribution in [-0.2, 0) is 68.8 Å². The zero-order valence-electron chi connectivity index (χ0n) is 36.2. The molecule has 8 bridgehead atoms. The summed E-state index contributed by atoms with van der Waals surface area (Å²) in [5.74, 6) is -12.7. The molecule has 0 spiro atoms. The number of hydrogen-bond acceptors (Lipinski definition) is 12. The van der Waals surface area contributed by atoms with Gasteiger partial charge in [-0.05, 0) is 67.9 Å². The highest BCUT2D eigenvalue weighted by Crippen LogP contribution is 2.60. The molecular weight excluding hydrogens is 856 g/mol. The molecule has 0 radical (unpaired) electrons. The number of aliphatic imine (C=N–C) groups is 2. The lowest BCUT2D eigenvalue weighted by Crippen LogP contribution is -2.59. The Hall–Kier alpha value is -6.93. The van der Waals surface area contributed by atoms with Crippen molar-refractivity contribution >= 4 is 65.0 Å². The van der Waals surface area contributed by atoms with Crippen molar-refractivity contribution in [1.29, 1.82) is 0 Å². The molecule has 0 aliphatic carbocycles. The highest BCUT2D eigenvalue weighted by Gasteiger charge is 2.67. The summed E-state index contributed by atoms with van der Waals surface area (Å²) >= 11 is 0. The van der Waals surface area contributed by atoms with E-state index in [0.29, 0.717) is 0 Å². The van der Waals surface area contributed by atoms with Crippen LogP contribution in [0.15, 0.2) is 44.3 Å². The van der Waals surface area contributed by atoms with Gasteiger partial charge in [0, 0.05) is 89.2 Å². The molecule has 21 heteroatoms. The molecular formula is C44H52N4O17. The van der Waals surface area contributed by atoms with Gasteiger partial charge in [0.05, 0.1) is 37.1 Å². The first-order chi connectivity index (χ1) is 30.2. The van der Waals surface area contributed by atoms with E-state index >= 15 is 0 Å². The molecule has 0 unspecified atom stereocenters. The van der Waals surface area contributed by atoms with Crippen LogP contribution in [-0.4, -0.2) is 116 Å². The molecule has 350 valence electrons. The number of ketones is 1. The summed E-state index contributed by atoms with van der Waals surface area (Å²) in [6, 6.07) is 0. The first-order valence-corrected chi connectivity index (χ1v) is 20.8. The minimum Gasteiger partial charge on any atom is -0.481 e. The van der Waals surface area contributed by atoms with Crippen molar-refractivity contribution in [2.45, 2.75) is 123 Å². The average molecular weight is 909 g/mol. The Balaban J connectivity index is 2.05. The summed E-state index contributed by atoms with van der Waals surface area (Å²) in [6.07, 6.45) is -5.63. The van der Waals surface area contributed by atoms with E-state index in [1.54, 1.807) is 0 Å². The number of aromatic nitrogens is 1. The fourth-order valence-electron chi connectivity index (χ4n) is 10.6. The lowest BCUT2D eigenvalue weighted by atomic mass is 9.59. The maximum absolute atomic E-state index is 14.8. The van der Waals surface area contributed by atoms with Crippen molar-refractivity contribution in [1.82, 2.24) is 10.3 Å². The lowest BCUT2D eigenvalue weighted by molar-refractivity contribution is -0.143. The minimum atomic E-state index is -2.32. The number of nitrogens with one attached hydrogen (secondary N) is 2. The molecule has 1 fully saturated rings. The van der Waals surface area contributed by atoms with Gasteiger partial charge in [-0.1, -0.05) is 13.8 Å². The SMILES string of the molecule is CC(=O)[C@]12N/C(=C\C3=NC(=C(CCC(=O)O)[C@]3(C)CC(=O)O)Cc3[nH]c(c(CCC(=O)O)c3CC(=O)O)CC3=NC1=C(CC(=O)O)[C@@]3(C)CCC(=O)O)[C@@H](CCC(=O)O)[C@]2(C)CC(=O)O. The molecule has 5 atom stereocenters. The molecule has 0 saturated carbocycles. The van der Waals surface area contributed by atoms with Gasteiger partial charge >= 0.3 is 47.8 Å². The molecule has 0 aromatic carbocycles. The topological polar surface area (TPSA) is 368 Å². The number of carbonyl (C=O) groups excluding carboxylic acids is 1. The highest BCUT2D eigenvalue weighted by molar-refractivity contribution is 6.07. The number of Topliss-reactive ketones (excluding diaryl/α,β-unsaturated/α-hetero) is 1. The van der Waals surface area contributed by atoms with Gasteiger partial charge in [0.1, 0.15) is 5.54 Å². The van der Waals surface area contributed by atoms with E-state index in [-0.39, 0.29) is 101 Å². The normalized spacial score (nSPS) is 26.5. The van der Waals surface area contributed by atoms with E-state index in [9.17, 15) is 84.0 Å². The summed E-state index contributed by atoms with van der Waals surface area (Å²) in [5, 5.41) is 84.4. The molecule has 5 heterocycles. The largest absolute Gasteiger partial charge is 0.481 e. The standard InChI is InChI=1S/C44H52N4O17/c1-20(49)44-40-25(14-37(60)61)41(2,12-11-35(56)57)30(47-40)16-27-21(5-8-32(50)51)22(13-36(58)59)26(45-27)15-28-23(6-9-33(52)53)42(3,18-38(62)63)31(46-28)17-29(48-44)24(7-10-34(54)55)43(44,4)19-39(64)65/h17,24,45,48H,5-16,18-19H2,1-4H3,(H,50,51)(H,52,53)(H,54,55)(H,56,57)(H,58,59)(H,60,61)(H,62,63)(H,64,65)/b29-17-/t24-,41-,42+,43+,44+/m1/s1. The van der Waals surface area contributed by atoms with Crippen molar-refractivity contribution in [2.24, 2.45) is 32.1 Å². The Morgan fingerprint density at radius 1 is 0.631 bits per heavy atom. The average Bonchev–Trinajstić information content (AvgIpc) is 3.78. The van der Waals surface area contributed by atoms with Crippen LogP contribution >= 0.6 is 0 Å². The molecule has 1 aromatic heterocycles. The Kier molecular flexibility index (Phi) is 13.8. The molecule has 10 N–H and O–H groups in total. The first kappa shape index (κ1) is 49.1. The van der Waals surface area contributed by atoms with Crippen LogP contribution in [0, 0.1) is 22.2 Å². The number of rotatable bonds is 21. The third-order valence-electron chi connectivity index (χ3n) is 13.6. The molecule has 4 aliphatic rings. The van der Waals surface area contributed by atoms with Crippen LogP contribution in [0.3, 0.4) is 0 Å². The van der Waals surface area contributed by atoms with Gasteiger partial charge in [-0.3, -0.25) is 53.1 Å². The Labute approximate surface area is 370 Å². The Morgan fingerprint density at radius 2 is 1.20 bits per heavy atom. The van der Waals surface area contributed by atoms with E-state index in [4.69, 9.17) is 9.98 Å². The zero-order valence-corrected chi connectivity index (χ0v) is 36.2. The summed E-state index contributed by atoms with van der Waals surface area (Å²) in [6.45, 7) is 5.53. The smallest absolute Gasteiger partial charge is 0.307 e. The van der Waals surface area contributed by atoms with Gasteiger partial charge in [-0.25, -0.2) is 0 Å². The number of carbonyl (C=O) groups is 9. The number of fused-ring (bicyclic) bond motifs is 7. The highest BCUT2D eigenvalue weighted by atomic mass is 16.4. The number of carboxylic acids is 8. The maximum Gasteiger partial charge on any atom is 0.307 e. The number of H-pyrrole nitrogens is 1. The van der Waals surface area contributed by atoms with Crippen molar-refractivity contribution < 1.29 is 84.0 Å². The van der Waals surface area contributed by atoms with Crippen LogP contribution in [0.2, 0.25) is 0 Å². The van der Waals surface area contributed by atoms with Crippen LogP contribution in [0.1, 0.15) is 114 Å². The van der Waals surface area contributed by atoms with E-state index < -0.39 is 133 Å². The van der Waals surface area contributed by atoms with Crippen molar-refractivity contribution in [3.05, 3.63) is 56.8 Å². The molecule has 4 aliphatic heterocycles. The summed E-state index contributed by atoms with van der Waals surface area (Å²) in [5.41, 5.74) is -6.72. The molecule has 5 rings (SSSR count). The molecule has 65 heavy (non-hydrogen) atoms. The van der Waals surface area contributed by atoms with Crippen LogP contribution < -0.4 is 5.32 Å². The second kappa shape index (κ2) is 18.3. The number of aromatic amines is 1. The third-order valence-corrected chi connectivity index (χ3v) is 13.6. The second-order valence-corrected chi connectivity index (χ2v) is 17.8. The zero-order chi connectivity index (χ0) is 48.6. The van der Waals surface area contributed by atoms with Gasteiger partial charge in [-0.15, -0.1) is 0 Å². The van der Waals surface area contributed by atoms with E-state index in [1.165, 1.54) is 26.8 Å². The Bertz CT molecular complexity index is 2450. The fourth-order valence-corrected chi connectivity index (χ4v) is 10.6. The number of carboxylic acid groups (broad SMARTS) is 8. The summed E-state index contributed by atoms with van der Waals surface area (Å²) in [7, 11) is 0.